The first-order valence-electron chi connectivity index (χ1n) is 8.48. The second-order valence-electron chi connectivity index (χ2n) is 7.44. The van der Waals surface area contributed by atoms with E-state index in [1.54, 1.807) is 0 Å². The molecule has 0 aliphatic heterocycles. The number of esters is 2. The Morgan fingerprint density at radius 2 is 1.76 bits per heavy atom. The summed E-state index contributed by atoms with van der Waals surface area (Å²) in [4.78, 5) is 23.5. The minimum absolute atomic E-state index is 0.0284. The van der Waals surface area contributed by atoms with Gasteiger partial charge in [0.15, 0.2) is 21.4 Å². The van der Waals surface area contributed by atoms with E-state index in [2.05, 4.69) is 27.4 Å². The molecule has 0 saturated carbocycles. The van der Waals surface area contributed by atoms with Crippen LogP contribution in [-0.2, 0) is 22.1 Å². The van der Waals surface area contributed by atoms with Crippen LogP contribution in [0.4, 0.5) is 0 Å². The third kappa shape index (κ3) is 11.4. The van der Waals surface area contributed by atoms with Crippen LogP contribution in [0, 0.1) is 14.9 Å². The highest BCUT2D eigenvalue weighted by Crippen LogP contribution is 2.37. The van der Waals surface area contributed by atoms with Gasteiger partial charge in [-0.3, -0.25) is 13.2 Å². The number of halogens is 1. The largest absolute Gasteiger partial charge is 0.465 e. The lowest BCUT2D eigenvalue weighted by atomic mass is 9.78. The fraction of sp³-hybridized carbons (Fsp3) is 0.778. The van der Waals surface area contributed by atoms with Gasteiger partial charge in [-0.05, 0) is 18.8 Å². The number of rotatable bonds is 13. The van der Waals surface area contributed by atoms with Gasteiger partial charge in [0.25, 0.3) is 0 Å². The first-order valence-corrected chi connectivity index (χ1v) is 10.4. The summed E-state index contributed by atoms with van der Waals surface area (Å²) in [5, 5.41) is 0. The molecule has 2 unspecified atom stereocenters. The molecule has 0 amide bonds. The Kier molecular flexibility index (Phi) is 11.3. The topological polar surface area (TPSA) is 85.7 Å². The molecular weight excluding hydrogens is 437 g/mol. The second-order valence-corrected chi connectivity index (χ2v) is 8.32. The quantitative estimate of drug-likeness (QED) is 0.235. The maximum absolute atomic E-state index is 12.2. The summed E-state index contributed by atoms with van der Waals surface area (Å²) in [6.45, 7) is 13.9. The minimum atomic E-state index is -1.14. The van der Waals surface area contributed by atoms with E-state index >= 15 is 0 Å². The standard InChI is InChI=1S/C18H32INO5/c1-7-9-15(21)23-11-14(3)12-24-16(22)10-18(6,25-19-20)13-17(4,5)8-2/h7,14,20H,1,8-13H2,2-6H3. The second kappa shape index (κ2) is 11.7. The SMILES string of the molecule is C=CCC(=O)OCC(C)COC(=O)CC(C)(CC(C)(C)CC)OI=N. The number of ether oxygens (including phenoxy) is 2. The maximum atomic E-state index is 12.2. The number of nitrogens with one attached hydrogen (secondary N) is 1. The molecule has 1 N–H and O–H groups in total. The summed E-state index contributed by atoms with van der Waals surface area (Å²) in [6.07, 6.45) is 3.44. The Hall–Kier alpha value is -0.830. The molecule has 0 aliphatic rings. The Balaban J connectivity index is 4.45. The highest BCUT2D eigenvalue weighted by Gasteiger charge is 2.35. The summed E-state index contributed by atoms with van der Waals surface area (Å²) in [7, 11) is 0. The van der Waals surface area contributed by atoms with Crippen molar-refractivity contribution in [2.75, 3.05) is 13.2 Å². The summed E-state index contributed by atoms with van der Waals surface area (Å²) in [6, 6.07) is 0. The van der Waals surface area contributed by atoms with Crippen molar-refractivity contribution in [1.82, 2.24) is 0 Å². The van der Waals surface area contributed by atoms with Crippen molar-refractivity contribution in [1.29, 1.82) is 3.56 Å². The molecule has 0 radical (unpaired) electrons. The van der Waals surface area contributed by atoms with E-state index in [4.69, 9.17) is 16.1 Å². The van der Waals surface area contributed by atoms with Crippen LogP contribution in [0.2, 0.25) is 0 Å². The van der Waals surface area contributed by atoms with Crippen LogP contribution in [0.25, 0.3) is 0 Å². The summed E-state index contributed by atoms with van der Waals surface area (Å²) < 4.78 is 23.5. The van der Waals surface area contributed by atoms with Gasteiger partial charge >= 0.3 is 11.9 Å². The fourth-order valence-corrected chi connectivity index (χ4v) is 3.24. The Morgan fingerprint density at radius 3 is 2.24 bits per heavy atom. The maximum Gasteiger partial charge on any atom is 0.309 e. The zero-order chi connectivity index (χ0) is 19.5. The molecule has 0 aromatic carbocycles. The zero-order valence-corrected chi connectivity index (χ0v) is 18.2. The molecule has 0 spiro atoms. The fourth-order valence-electron chi connectivity index (χ4n) is 2.40. The predicted molar refractivity (Wildman–Crippen MR) is 105 cm³/mol. The van der Waals surface area contributed by atoms with Crippen molar-refractivity contribution in [3.05, 3.63) is 12.7 Å². The molecule has 6 nitrogen and oxygen atoms in total. The van der Waals surface area contributed by atoms with Crippen LogP contribution in [0.15, 0.2) is 12.7 Å². The van der Waals surface area contributed by atoms with Gasteiger partial charge in [-0.15, -0.1) is 6.58 Å². The minimum Gasteiger partial charge on any atom is -0.465 e. The molecule has 0 aromatic rings. The van der Waals surface area contributed by atoms with Crippen LogP contribution >= 0.6 is 21.4 Å². The van der Waals surface area contributed by atoms with Gasteiger partial charge in [0, 0.05) is 5.92 Å². The third-order valence-corrected chi connectivity index (χ3v) is 5.20. The molecule has 0 aromatic heterocycles. The highest BCUT2D eigenvalue weighted by molar-refractivity contribution is 14.1. The first-order chi connectivity index (χ1) is 11.6. The predicted octanol–water partition coefficient (Wildman–Crippen LogP) is 4.92. The lowest BCUT2D eigenvalue weighted by molar-refractivity contribution is -0.150. The smallest absolute Gasteiger partial charge is 0.309 e. The number of carbonyl (C=O) groups excluding carboxylic acids is 2. The molecule has 0 heterocycles. The van der Waals surface area contributed by atoms with Crippen molar-refractivity contribution in [3.8, 4) is 0 Å². The van der Waals surface area contributed by atoms with E-state index in [-0.39, 0.29) is 49.3 Å². The number of hydrogen-bond acceptors (Lipinski definition) is 6. The first kappa shape index (κ1) is 24.2. The lowest BCUT2D eigenvalue weighted by Gasteiger charge is -2.34. The summed E-state index contributed by atoms with van der Waals surface area (Å²) in [5.74, 6) is -0.771. The Morgan fingerprint density at radius 1 is 1.20 bits per heavy atom. The van der Waals surface area contributed by atoms with Crippen LogP contribution in [0.3, 0.4) is 0 Å². The van der Waals surface area contributed by atoms with E-state index in [1.807, 2.05) is 13.8 Å². The Labute approximate surface area is 162 Å². The molecule has 0 rings (SSSR count). The third-order valence-electron chi connectivity index (χ3n) is 3.92. The van der Waals surface area contributed by atoms with Gasteiger partial charge in [0.05, 0.1) is 31.7 Å². The molecule has 0 aliphatic carbocycles. The van der Waals surface area contributed by atoms with Crippen LogP contribution in [0.1, 0.15) is 60.3 Å². The molecule has 0 bridgehead atoms. The van der Waals surface area contributed by atoms with E-state index in [0.717, 1.165) is 6.42 Å². The van der Waals surface area contributed by atoms with E-state index in [0.29, 0.717) is 6.42 Å². The van der Waals surface area contributed by atoms with Gasteiger partial charge in [0.1, 0.15) is 0 Å². The van der Waals surface area contributed by atoms with Crippen molar-refractivity contribution in [3.63, 3.8) is 0 Å². The summed E-state index contributed by atoms with van der Waals surface area (Å²) in [5.41, 5.74) is -0.647. The van der Waals surface area contributed by atoms with Gasteiger partial charge < -0.3 is 12.5 Å². The van der Waals surface area contributed by atoms with Gasteiger partial charge in [-0.25, -0.2) is 0 Å². The summed E-state index contributed by atoms with van der Waals surface area (Å²) >= 11 is -1.14. The average molecular weight is 469 g/mol. The molecule has 2 atom stereocenters. The van der Waals surface area contributed by atoms with Gasteiger partial charge in [-0.1, -0.05) is 40.2 Å². The number of hydrogen-bond donors (Lipinski definition) is 1. The molecule has 0 fully saturated rings. The van der Waals surface area contributed by atoms with Crippen molar-refractivity contribution >= 4 is 33.4 Å². The van der Waals surface area contributed by atoms with E-state index in [9.17, 15) is 9.59 Å². The molecular formula is C18H32INO5. The molecule has 7 heteroatoms. The molecule has 146 valence electrons. The van der Waals surface area contributed by atoms with Crippen LogP contribution in [-0.4, -0.2) is 30.8 Å². The van der Waals surface area contributed by atoms with Gasteiger partial charge in [-0.2, -0.15) is 0 Å². The monoisotopic (exact) mass is 469 g/mol. The van der Waals surface area contributed by atoms with Gasteiger partial charge in [0.2, 0.25) is 0 Å². The molecule has 25 heavy (non-hydrogen) atoms. The van der Waals surface area contributed by atoms with Crippen LogP contribution < -0.4 is 0 Å². The van der Waals surface area contributed by atoms with Crippen molar-refractivity contribution < 1.29 is 22.1 Å². The van der Waals surface area contributed by atoms with E-state index < -0.39 is 27.0 Å². The average Bonchev–Trinajstić information content (AvgIpc) is 2.50. The van der Waals surface area contributed by atoms with Crippen LogP contribution in [0.5, 0.6) is 0 Å². The highest BCUT2D eigenvalue weighted by atomic mass is 127. The van der Waals surface area contributed by atoms with Crippen molar-refractivity contribution in [2.24, 2.45) is 11.3 Å². The normalized spacial score (nSPS) is 15.1. The van der Waals surface area contributed by atoms with Crippen molar-refractivity contribution in [2.45, 2.75) is 65.9 Å². The molecule has 0 saturated heterocycles. The lowest BCUT2D eigenvalue weighted by Crippen LogP contribution is -2.35. The zero-order valence-electron chi connectivity index (χ0n) is 16.0. The number of carbonyl (C=O) groups is 2. The van der Waals surface area contributed by atoms with E-state index in [1.165, 1.54) is 6.08 Å². The Bertz CT molecular complexity index is 466.